The van der Waals surface area contributed by atoms with E-state index in [2.05, 4.69) is 60.1 Å². The van der Waals surface area contributed by atoms with Gasteiger partial charge in [0, 0.05) is 51.6 Å². The van der Waals surface area contributed by atoms with Crippen molar-refractivity contribution in [1.29, 1.82) is 0 Å². The van der Waals surface area contributed by atoms with Crippen LogP contribution in [-0.4, -0.2) is 93.2 Å². The maximum atomic E-state index is 11.2. The first-order valence-corrected chi connectivity index (χ1v) is 11.9. The van der Waals surface area contributed by atoms with Crippen molar-refractivity contribution >= 4 is 62.1 Å². The number of benzene rings is 1. The van der Waals surface area contributed by atoms with Gasteiger partial charge in [-0.3, -0.25) is 20.2 Å². The van der Waals surface area contributed by atoms with Crippen LogP contribution in [0, 0.1) is 20.2 Å². The summed E-state index contributed by atoms with van der Waals surface area (Å²) < 4.78 is 42.7. The van der Waals surface area contributed by atoms with E-state index in [1.54, 1.807) is 0 Å². The number of nitro benzene ring substituents is 2. The molecular formula is C15H30B2N8O6S3. The molecule has 0 heterocycles. The molecule has 190 valence electrons. The second kappa shape index (κ2) is 24.4. The Morgan fingerprint density at radius 1 is 0.941 bits per heavy atom. The van der Waals surface area contributed by atoms with E-state index in [0.717, 1.165) is 31.5 Å². The number of nitrogens with zero attached hydrogens (tertiary/aromatic N) is 4. The number of hydrogen-bond acceptors (Lipinski definition) is 14. The molecule has 19 heteroatoms. The number of nitro groups is 2. The van der Waals surface area contributed by atoms with Gasteiger partial charge in [0.25, 0.3) is 11.4 Å². The fourth-order valence-corrected chi connectivity index (χ4v) is 2.65. The fourth-order valence-electron chi connectivity index (χ4n) is 1.82. The Balaban J connectivity index is -0.000000499. The quantitative estimate of drug-likeness (QED) is 0.0904. The third-order valence-corrected chi connectivity index (χ3v) is 4.35. The van der Waals surface area contributed by atoms with Crippen molar-refractivity contribution in [2.75, 3.05) is 59.6 Å². The Morgan fingerprint density at radius 2 is 1.32 bits per heavy atom. The van der Waals surface area contributed by atoms with Crippen molar-refractivity contribution in [1.82, 2.24) is 21.3 Å². The van der Waals surface area contributed by atoms with Crippen LogP contribution in [0.3, 0.4) is 0 Å². The molecule has 0 saturated heterocycles. The first kappa shape index (κ1) is 32.2. The van der Waals surface area contributed by atoms with Gasteiger partial charge in [0.15, 0.2) is 9.84 Å². The Hall–Kier alpha value is -1.76. The van der Waals surface area contributed by atoms with E-state index < -0.39 is 36.0 Å². The van der Waals surface area contributed by atoms with Crippen LogP contribution in [0.5, 0.6) is 0 Å². The van der Waals surface area contributed by atoms with E-state index in [1.165, 1.54) is 10.6 Å². The molecule has 0 unspecified atom stereocenters. The Morgan fingerprint density at radius 3 is 1.62 bits per heavy atom. The van der Waals surface area contributed by atoms with Crippen molar-refractivity contribution in [2.45, 2.75) is 4.90 Å². The molecule has 4 N–H and O–H groups in total. The summed E-state index contributed by atoms with van der Waals surface area (Å²) in [5.74, 6) is 0. The van der Waals surface area contributed by atoms with Gasteiger partial charge < -0.3 is 21.3 Å². The molecular weight excluding hydrogens is 506 g/mol. The van der Waals surface area contributed by atoms with E-state index in [4.69, 9.17) is 2.82 Å². The number of likely N-dealkylation sites (N-methyl/N-ethyl adjacent to an activating group) is 2. The molecule has 0 spiro atoms. The van der Waals surface area contributed by atoms with Crippen molar-refractivity contribution in [3.05, 3.63) is 38.4 Å². The molecule has 0 bridgehead atoms. The van der Waals surface area contributed by atoms with Gasteiger partial charge >= 0.3 is 49.5 Å². The van der Waals surface area contributed by atoms with E-state index in [0.29, 0.717) is 32.2 Å². The molecule has 34 heavy (non-hydrogen) atoms. The van der Waals surface area contributed by atoms with Crippen molar-refractivity contribution in [3.63, 3.8) is 0 Å². The van der Waals surface area contributed by atoms with E-state index in [1.807, 2.05) is 14.1 Å². The number of non-ortho nitro benzene ring substituents is 1. The molecule has 1 aromatic carbocycles. The Kier molecular flexibility index (Phi) is 23.1. The fraction of sp³-hybridized carbons (Fsp3) is 0.600. The van der Waals surface area contributed by atoms with Crippen LogP contribution in [0.25, 0.3) is 0 Å². The zero-order chi connectivity index (χ0) is 28.7. The van der Waals surface area contributed by atoms with Gasteiger partial charge in [0.05, 0.1) is 15.9 Å². The van der Waals surface area contributed by atoms with Gasteiger partial charge in [0.2, 0.25) is 0 Å². The van der Waals surface area contributed by atoms with Gasteiger partial charge in [-0.2, -0.15) is 0 Å². The molecule has 0 fully saturated rings. The van der Waals surface area contributed by atoms with Crippen molar-refractivity contribution in [2.24, 2.45) is 8.60 Å². The topological polar surface area (TPSA) is 193 Å². The molecule has 0 aliphatic heterocycles. The molecule has 1 aromatic rings. The first-order valence-electron chi connectivity index (χ1n) is 10.1. The summed E-state index contributed by atoms with van der Waals surface area (Å²) in [6.45, 7) is 4.28. The summed E-state index contributed by atoms with van der Waals surface area (Å²) in [6.07, 6.45) is 0.793. The second-order valence-electron chi connectivity index (χ2n) is 5.72. The molecule has 0 aliphatic carbocycles. The zero-order valence-electron chi connectivity index (χ0n) is 21.1. The maximum absolute atomic E-state index is 11.2. The van der Waals surface area contributed by atoms with Crippen LogP contribution in [0.4, 0.5) is 11.4 Å². The van der Waals surface area contributed by atoms with Crippen LogP contribution in [0.15, 0.2) is 31.7 Å². The first-order chi connectivity index (χ1) is 16.8. The average molecular weight is 538 g/mol. The van der Waals surface area contributed by atoms with E-state index in [9.17, 15) is 28.6 Å². The summed E-state index contributed by atoms with van der Waals surface area (Å²) in [7, 11) is 8.63. The van der Waals surface area contributed by atoms with E-state index >= 15 is 0 Å². The molecule has 1 rings (SSSR count). The minimum atomic E-state index is -3.79. The average Bonchev–Trinajstić information content (AvgIpc) is 2.80. The summed E-state index contributed by atoms with van der Waals surface area (Å²) in [6, 6.07) is 2.38. The zero-order valence-corrected chi connectivity index (χ0v) is 21.7. The summed E-state index contributed by atoms with van der Waals surface area (Å²) >= 11 is 6.38. The predicted octanol–water partition coefficient (Wildman–Crippen LogP) is -0.122. The number of sulfone groups is 1. The molecule has 0 atom stereocenters. The number of thiol groups is 2. The van der Waals surface area contributed by atoms with Gasteiger partial charge in [-0.25, -0.2) is 8.42 Å². The standard InChI is InChI=1S/C8H22N4.C7H6N2O6S.2BHNS/c1-9-3-5-11-7-8-12-6-4-10-2;1-16(14,15)7-3-2-5(8(10)11)4-6(7)9(12)13;2*1-2-3/h9-12H,3-8H2,1-2H3;2-4H,1H3;2*3H/i/hD2. The third-order valence-electron chi connectivity index (χ3n) is 3.21. The summed E-state index contributed by atoms with van der Waals surface area (Å²) in [4.78, 5) is 18.6. The van der Waals surface area contributed by atoms with Crippen LogP contribution in [0.2, 0.25) is 2.82 Å². The molecule has 0 aromatic heterocycles. The van der Waals surface area contributed by atoms with Crippen LogP contribution in [0.1, 0.15) is 0 Å². The van der Waals surface area contributed by atoms with Crippen LogP contribution < -0.4 is 21.3 Å². The predicted molar refractivity (Wildman–Crippen MR) is 141 cm³/mol. The van der Waals surface area contributed by atoms with Crippen molar-refractivity contribution in [3.8, 4) is 0 Å². The summed E-state index contributed by atoms with van der Waals surface area (Å²) in [5.41, 5.74) is -1.32. The molecule has 0 saturated carbocycles. The minimum absolute atomic E-state index is 0.529. The molecule has 2 radical (unpaired) electrons. The molecule has 14 nitrogen and oxygen atoms in total. The van der Waals surface area contributed by atoms with Crippen molar-refractivity contribution < 1.29 is 21.1 Å². The second-order valence-corrected chi connectivity index (χ2v) is 8.16. The number of nitrogens with one attached hydrogen (secondary N) is 4. The molecule has 0 aliphatic rings. The third kappa shape index (κ3) is 22.1. The Labute approximate surface area is 215 Å². The van der Waals surface area contributed by atoms with Crippen LogP contribution >= 0.6 is 25.6 Å². The normalized spacial score (nSPS) is 10.7. The number of hydrogen-bond donors (Lipinski definition) is 6. The van der Waals surface area contributed by atoms with Gasteiger partial charge in [0.1, 0.15) is 7.72 Å². The Bertz CT molecular complexity index is 888. The van der Waals surface area contributed by atoms with E-state index in [-0.39, 0.29) is 0 Å². The van der Waals surface area contributed by atoms with Gasteiger partial charge in [-0.1, -0.05) is 0 Å². The monoisotopic (exact) mass is 538 g/mol. The van der Waals surface area contributed by atoms with Gasteiger partial charge in [-0.05, 0) is 20.2 Å². The van der Waals surface area contributed by atoms with Gasteiger partial charge in [-0.15, -0.1) is 0 Å². The SMILES string of the molecule is CS(=O)(=O)c1ccc([N+](=O)[O-])cc1[N+](=O)[O-].[2H]N(CCNC)CCN([2H])CCNC.[B]=NS.[B]=NS. The molecule has 0 amide bonds. The summed E-state index contributed by atoms with van der Waals surface area (Å²) in [5, 5.41) is 29.9. The number of rotatable bonds is 12. The van der Waals surface area contributed by atoms with Crippen LogP contribution in [-0.2, 0) is 9.84 Å².